The van der Waals surface area contributed by atoms with Crippen molar-refractivity contribution in [1.29, 1.82) is 0 Å². The maximum Gasteiger partial charge on any atom is 0.242 e. The van der Waals surface area contributed by atoms with Crippen molar-refractivity contribution in [1.82, 2.24) is 0 Å². The fourth-order valence-electron chi connectivity index (χ4n) is 2.66. The quantitative estimate of drug-likeness (QED) is 0.826. The monoisotopic (exact) mass is 328 g/mol. The first kappa shape index (κ1) is 16.0. The number of primary amides is 1. The largest absolute Gasteiger partial charge is 0.505 e. The Morgan fingerprint density at radius 1 is 1.17 bits per heavy atom. The molecule has 0 unspecified atom stereocenters. The molecule has 124 valence electrons. The Hall–Kier alpha value is -2.89. The van der Waals surface area contributed by atoms with Crippen LogP contribution in [0.5, 0.6) is 5.75 Å². The summed E-state index contributed by atoms with van der Waals surface area (Å²) in [5, 5.41) is 9.36. The average molecular weight is 328 g/mol. The number of phenolic OH excluding ortho intramolecular Hbond substituents is 1. The van der Waals surface area contributed by atoms with Gasteiger partial charge in [-0.25, -0.2) is 4.39 Å². The minimum atomic E-state index is -1.21. The van der Waals surface area contributed by atoms with Gasteiger partial charge in [-0.15, -0.1) is 0 Å². The zero-order valence-corrected chi connectivity index (χ0v) is 12.9. The molecule has 0 heterocycles. The van der Waals surface area contributed by atoms with E-state index in [9.17, 15) is 19.1 Å². The van der Waals surface area contributed by atoms with Crippen LogP contribution in [-0.4, -0.2) is 16.9 Å². The van der Waals surface area contributed by atoms with Crippen molar-refractivity contribution >= 4 is 17.5 Å². The molecule has 24 heavy (non-hydrogen) atoms. The Bertz CT molecular complexity index is 788. The van der Waals surface area contributed by atoms with Gasteiger partial charge in [0.1, 0.15) is 5.41 Å². The highest BCUT2D eigenvalue weighted by atomic mass is 19.1. The number of rotatable bonds is 5. The van der Waals surface area contributed by atoms with Gasteiger partial charge >= 0.3 is 0 Å². The van der Waals surface area contributed by atoms with Crippen LogP contribution in [0.15, 0.2) is 48.5 Å². The molecule has 0 atom stereocenters. The number of halogens is 1. The summed E-state index contributed by atoms with van der Waals surface area (Å²) in [7, 11) is 0. The highest BCUT2D eigenvalue weighted by Crippen LogP contribution is 2.48. The lowest BCUT2D eigenvalue weighted by Gasteiger charge is -2.26. The summed E-state index contributed by atoms with van der Waals surface area (Å²) in [5.41, 5.74) is 5.29. The fraction of sp³-hybridized carbons (Fsp3) is 0.222. The van der Waals surface area contributed by atoms with Crippen LogP contribution in [0.1, 0.15) is 18.4 Å². The van der Waals surface area contributed by atoms with Crippen molar-refractivity contribution in [3.63, 3.8) is 0 Å². The van der Waals surface area contributed by atoms with Crippen LogP contribution >= 0.6 is 0 Å². The lowest BCUT2D eigenvalue weighted by atomic mass is 10.0. The first-order valence-corrected chi connectivity index (χ1v) is 7.58. The number of anilines is 1. The summed E-state index contributed by atoms with van der Waals surface area (Å²) in [4.78, 5) is 25.9. The molecular formula is C18H17FN2O3. The standard InChI is InChI=1S/C18H17FN2O3/c19-14-10-13(6-7-15(14)22)21(11-12-4-2-1-3-5-12)17(24)18(8-9-18)16(20)23/h1-7,10,22H,8-9,11H2,(H2,20,23). The van der Waals surface area contributed by atoms with Crippen molar-refractivity contribution < 1.29 is 19.1 Å². The molecular weight excluding hydrogens is 311 g/mol. The van der Waals surface area contributed by atoms with E-state index in [-0.39, 0.29) is 12.2 Å². The van der Waals surface area contributed by atoms with E-state index in [0.29, 0.717) is 12.8 Å². The predicted molar refractivity (Wildman–Crippen MR) is 86.6 cm³/mol. The number of aromatic hydroxyl groups is 1. The maximum absolute atomic E-state index is 13.7. The van der Waals surface area contributed by atoms with Crippen molar-refractivity contribution in [2.75, 3.05) is 4.90 Å². The summed E-state index contributed by atoms with van der Waals surface area (Å²) >= 11 is 0. The number of carbonyl (C=O) groups excluding carboxylic acids is 2. The molecule has 0 radical (unpaired) electrons. The van der Waals surface area contributed by atoms with Gasteiger partial charge in [0.25, 0.3) is 0 Å². The molecule has 3 N–H and O–H groups in total. The molecule has 1 aliphatic rings. The van der Waals surface area contributed by atoms with Crippen LogP contribution in [0.4, 0.5) is 10.1 Å². The summed E-state index contributed by atoms with van der Waals surface area (Å²) in [6.45, 7) is 0.179. The molecule has 5 nitrogen and oxygen atoms in total. The van der Waals surface area contributed by atoms with Crippen LogP contribution in [0.3, 0.4) is 0 Å². The molecule has 2 aromatic carbocycles. The number of carbonyl (C=O) groups is 2. The van der Waals surface area contributed by atoms with Gasteiger partial charge in [-0.1, -0.05) is 30.3 Å². The van der Waals surface area contributed by atoms with Gasteiger partial charge in [0.2, 0.25) is 11.8 Å². The number of hydrogen-bond acceptors (Lipinski definition) is 3. The first-order valence-electron chi connectivity index (χ1n) is 7.58. The molecule has 0 saturated heterocycles. The van der Waals surface area contributed by atoms with Gasteiger partial charge in [-0.05, 0) is 30.5 Å². The molecule has 2 aromatic rings. The van der Waals surface area contributed by atoms with Gasteiger partial charge in [0.05, 0.1) is 6.54 Å². The van der Waals surface area contributed by atoms with E-state index in [1.807, 2.05) is 30.3 Å². The zero-order valence-electron chi connectivity index (χ0n) is 12.9. The summed E-state index contributed by atoms with van der Waals surface area (Å²) < 4.78 is 13.7. The molecule has 0 aliphatic heterocycles. The molecule has 1 saturated carbocycles. The number of hydrogen-bond donors (Lipinski definition) is 2. The molecule has 2 amide bonds. The summed E-state index contributed by atoms with van der Waals surface area (Å²) in [6.07, 6.45) is 0.792. The second-order valence-corrected chi connectivity index (χ2v) is 5.96. The predicted octanol–water partition coefficient (Wildman–Crippen LogP) is 2.33. The maximum atomic E-state index is 13.7. The van der Waals surface area contributed by atoms with Crippen molar-refractivity contribution in [3.8, 4) is 5.75 Å². The van der Waals surface area contributed by atoms with Gasteiger partial charge in [0.15, 0.2) is 11.6 Å². The number of nitrogens with two attached hydrogens (primary N) is 1. The van der Waals surface area contributed by atoms with E-state index in [2.05, 4.69) is 0 Å². The zero-order chi connectivity index (χ0) is 17.3. The number of nitrogens with zero attached hydrogens (tertiary/aromatic N) is 1. The van der Waals surface area contributed by atoms with Crippen LogP contribution < -0.4 is 10.6 Å². The fourth-order valence-corrected chi connectivity index (χ4v) is 2.66. The Balaban J connectivity index is 1.99. The first-order chi connectivity index (χ1) is 11.4. The SMILES string of the molecule is NC(=O)C1(C(=O)N(Cc2ccccc2)c2ccc(O)c(F)c2)CC1. The van der Waals surface area contributed by atoms with E-state index >= 15 is 0 Å². The highest BCUT2D eigenvalue weighted by molar-refractivity contribution is 6.13. The Kier molecular flexibility index (Phi) is 3.97. The van der Waals surface area contributed by atoms with Crippen LogP contribution in [0.25, 0.3) is 0 Å². The van der Waals surface area contributed by atoms with Gasteiger partial charge in [-0.2, -0.15) is 0 Å². The Labute approximate surface area is 138 Å². The minimum absolute atomic E-state index is 0.179. The normalized spacial score (nSPS) is 14.9. The van der Waals surface area contributed by atoms with E-state index in [1.165, 1.54) is 17.0 Å². The van der Waals surface area contributed by atoms with E-state index < -0.39 is 28.8 Å². The Morgan fingerprint density at radius 3 is 2.38 bits per heavy atom. The second kappa shape index (κ2) is 5.96. The van der Waals surface area contributed by atoms with Crippen molar-refractivity contribution in [3.05, 3.63) is 59.9 Å². The molecule has 0 aromatic heterocycles. The Morgan fingerprint density at radius 2 is 1.83 bits per heavy atom. The number of benzene rings is 2. The summed E-state index contributed by atoms with van der Waals surface area (Å²) in [5.74, 6) is -2.43. The minimum Gasteiger partial charge on any atom is -0.505 e. The molecule has 0 bridgehead atoms. The highest BCUT2D eigenvalue weighted by Gasteiger charge is 2.57. The third-order valence-electron chi connectivity index (χ3n) is 4.30. The molecule has 1 aliphatic carbocycles. The van der Waals surface area contributed by atoms with Crippen molar-refractivity contribution in [2.45, 2.75) is 19.4 Å². The van der Waals surface area contributed by atoms with Crippen LogP contribution in [0.2, 0.25) is 0 Å². The number of phenols is 1. The third-order valence-corrected chi connectivity index (χ3v) is 4.30. The molecule has 1 fully saturated rings. The van der Waals surface area contributed by atoms with Crippen molar-refractivity contribution in [2.24, 2.45) is 11.1 Å². The second-order valence-electron chi connectivity index (χ2n) is 5.96. The number of amides is 2. The van der Waals surface area contributed by atoms with E-state index in [1.54, 1.807) is 0 Å². The van der Waals surface area contributed by atoms with E-state index in [4.69, 9.17) is 5.73 Å². The molecule has 0 spiro atoms. The van der Waals surface area contributed by atoms with E-state index in [0.717, 1.165) is 11.6 Å². The smallest absolute Gasteiger partial charge is 0.242 e. The molecule has 3 rings (SSSR count). The van der Waals surface area contributed by atoms with Gasteiger partial charge in [-0.3, -0.25) is 9.59 Å². The molecule has 6 heteroatoms. The van der Waals surface area contributed by atoms with Gasteiger partial charge in [0, 0.05) is 11.8 Å². The van der Waals surface area contributed by atoms with Crippen LogP contribution in [0, 0.1) is 11.2 Å². The van der Waals surface area contributed by atoms with Crippen LogP contribution in [-0.2, 0) is 16.1 Å². The third kappa shape index (κ3) is 2.82. The summed E-state index contributed by atoms with van der Waals surface area (Å²) in [6, 6.07) is 12.9. The topological polar surface area (TPSA) is 83.6 Å². The lowest BCUT2D eigenvalue weighted by Crippen LogP contribution is -2.43. The van der Waals surface area contributed by atoms with Gasteiger partial charge < -0.3 is 15.7 Å². The lowest BCUT2D eigenvalue weighted by molar-refractivity contribution is -0.133. The average Bonchev–Trinajstić information content (AvgIpc) is 3.38.